The molecule has 1 aromatic heterocycles. The number of likely N-dealkylation sites (tertiary alicyclic amines) is 2. The molecule has 2 saturated heterocycles. The average Bonchev–Trinajstić information content (AvgIpc) is 3.09. The van der Waals surface area contributed by atoms with Crippen molar-refractivity contribution in [3.63, 3.8) is 0 Å². The number of aromatic nitrogens is 2. The third kappa shape index (κ3) is 6.28. The predicted molar refractivity (Wildman–Crippen MR) is 102 cm³/mol. The molecule has 7 heteroatoms. The molecule has 2 fully saturated rings. The van der Waals surface area contributed by atoms with Crippen molar-refractivity contribution in [2.45, 2.75) is 65.1 Å². The molecule has 0 bridgehead atoms. The Morgan fingerprint density at radius 2 is 2.04 bits per heavy atom. The molecule has 1 atom stereocenters. The summed E-state index contributed by atoms with van der Waals surface area (Å²) in [6.07, 6.45) is 5.77. The number of carbonyl (C=O) groups is 1. The molecule has 3 rings (SSSR count). The number of ether oxygens (including phenoxy) is 1. The van der Waals surface area contributed by atoms with Crippen LogP contribution in [0.15, 0.2) is 4.52 Å². The second-order valence-electron chi connectivity index (χ2n) is 8.57. The summed E-state index contributed by atoms with van der Waals surface area (Å²) in [4.78, 5) is 21.4. The summed E-state index contributed by atoms with van der Waals surface area (Å²) in [6.45, 7) is 8.34. The van der Waals surface area contributed by atoms with Crippen LogP contribution < -0.4 is 0 Å². The fourth-order valence-electron chi connectivity index (χ4n) is 3.92. The Labute approximate surface area is 162 Å². The second kappa shape index (κ2) is 9.64. The lowest BCUT2D eigenvalue weighted by Gasteiger charge is -2.34. The zero-order chi connectivity index (χ0) is 19.2. The smallest absolute Gasteiger partial charge is 0.226 e. The summed E-state index contributed by atoms with van der Waals surface area (Å²) >= 11 is 0. The van der Waals surface area contributed by atoms with Crippen molar-refractivity contribution in [3.8, 4) is 0 Å². The first kappa shape index (κ1) is 20.3. The summed E-state index contributed by atoms with van der Waals surface area (Å²) in [6, 6.07) is 0. The summed E-state index contributed by atoms with van der Waals surface area (Å²) < 4.78 is 11.2. The summed E-state index contributed by atoms with van der Waals surface area (Å²) in [5.41, 5.74) is 0. The van der Waals surface area contributed by atoms with Crippen molar-refractivity contribution in [1.82, 2.24) is 19.9 Å². The van der Waals surface area contributed by atoms with Crippen molar-refractivity contribution >= 4 is 5.91 Å². The van der Waals surface area contributed by atoms with Gasteiger partial charge in [0.05, 0.1) is 6.10 Å². The van der Waals surface area contributed by atoms with Gasteiger partial charge in [-0.25, -0.2) is 0 Å². The lowest BCUT2D eigenvalue weighted by atomic mass is 9.93. The molecular formula is C20H34N4O3. The Morgan fingerprint density at radius 3 is 2.78 bits per heavy atom. The molecule has 2 aliphatic rings. The fourth-order valence-corrected chi connectivity index (χ4v) is 3.92. The van der Waals surface area contributed by atoms with Gasteiger partial charge in [0, 0.05) is 25.9 Å². The van der Waals surface area contributed by atoms with Gasteiger partial charge in [-0.2, -0.15) is 4.98 Å². The number of carbonyl (C=O) groups excluding carboxylic acids is 1. The maximum atomic E-state index is 12.7. The Bertz CT molecular complexity index is 596. The Kier molecular flexibility index (Phi) is 7.24. The van der Waals surface area contributed by atoms with E-state index in [1.165, 1.54) is 0 Å². The highest BCUT2D eigenvalue weighted by Crippen LogP contribution is 2.22. The lowest BCUT2D eigenvalue weighted by molar-refractivity contribution is -0.137. The minimum Gasteiger partial charge on any atom is -0.368 e. The molecule has 27 heavy (non-hydrogen) atoms. The van der Waals surface area contributed by atoms with Crippen LogP contribution in [0.25, 0.3) is 0 Å². The number of amides is 1. The number of piperidine rings is 2. The van der Waals surface area contributed by atoms with Gasteiger partial charge in [0.15, 0.2) is 5.82 Å². The minimum atomic E-state index is 0.0623. The summed E-state index contributed by atoms with van der Waals surface area (Å²) in [5, 5.41) is 4.00. The van der Waals surface area contributed by atoms with Gasteiger partial charge in [-0.05, 0) is 57.7 Å². The third-order valence-electron chi connectivity index (χ3n) is 5.57. The molecule has 2 aliphatic heterocycles. The fraction of sp³-hybridized carbons (Fsp3) is 0.850. The monoisotopic (exact) mass is 378 g/mol. The van der Waals surface area contributed by atoms with Crippen molar-refractivity contribution in [2.24, 2.45) is 11.8 Å². The zero-order valence-electron chi connectivity index (χ0n) is 17.0. The van der Waals surface area contributed by atoms with Gasteiger partial charge in [0.1, 0.15) is 6.61 Å². The molecule has 3 heterocycles. The standard InChI is InChI=1S/C20H34N4O3/c1-15(2)11-19-21-18(22-27-19)14-26-17-5-4-8-24(13-17)20(25)12-16-6-9-23(3)10-7-16/h15-17H,4-14H2,1-3H3. The normalized spacial score (nSPS) is 22.5. The summed E-state index contributed by atoms with van der Waals surface area (Å²) in [5.74, 6) is 2.58. The van der Waals surface area contributed by atoms with Crippen LogP contribution in [0.3, 0.4) is 0 Å². The SMILES string of the molecule is CC(C)Cc1nc(COC2CCCN(C(=O)CC3CCN(C)CC3)C2)no1. The van der Waals surface area contributed by atoms with Crippen molar-refractivity contribution in [2.75, 3.05) is 33.2 Å². The van der Waals surface area contributed by atoms with E-state index in [4.69, 9.17) is 9.26 Å². The highest BCUT2D eigenvalue weighted by molar-refractivity contribution is 5.76. The van der Waals surface area contributed by atoms with Crippen LogP contribution in [-0.4, -0.2) is 65.2 Å². The molecule has 0 N–H and O–H groups in total. The van der Waals surface area contributed by atoms with E-state index in [0.717, 1.165) is 51.7 Å². The molecule has 1 aromatic rings. The molecule has 0 saturated carbocycles. The van der Waals surface area contributed by atoms with Gasteiger partial charge < -0.3 is 19.1 Å². The lowest BCUT2D eigenvalue weighted by Crippen LogP contribution is -2.44. The average molecular weight is 379 g/mol. The minimum absolute atomic E-state index is 0.0623. The van der Waals surface area contributed by atoms with E-state index in [2.05, 4.69) is 35.9 Å². The van der Waals surface area contributed by atoms with Gasteiger partial charge in [0.25, 0.3) is 0 Å². The van der Waals surface area contributed by atoms with E-state index in [9.17, 15) is 4.79 Å². The van der Waals surface area contributed by atoms with Gasteiger partial charge in [-0.15, -0.1) is 0 Å². The molecule has 7 nitrogen and oxygen atoms in total. The molecule has 0 radical (unpaired) electrons. The topological polar surface area (TPSA) is 71.7 Å². The molecule has 152 valence electrons. The van der Waals surface area contributed by atoms with Crippen molar-refractivity contribution in [1.29, 1.82) is 0 Å². The molecule has 0 spiro atoms. The van der Waals surface area contributed by atoms with Gasteiger partial charge in [-0.1, -0.05) is 19.0 Å². The molecule has 0 aliphatic carbocycles. The quantitative estimate of drug-likeness (QED) is 0.726. The Balaban J connectivity index is 1.42. The summed E-state index contributed by atoms with van der Waals surface area (Å²) in [7, 11) is 2.15. The maximum Gasteiger partial charge on any atom is 0.226 e. The van der Waals surface area contributed by atoms with Crippen molar-refractivity contribution in [3.05, 3.63) is 11.7 Å². The zero-order valence-corrected chi connectivity index (χ0v) is 17.0. The Morgan fingerprint density at radius 1 is 1.26 bits per heavy atom. The van der Waals surface area contributed by atoms with E-state index < -0.39 is 0 Å². The van der Waals surface area contributed by atoms with Crippen LogP contribution in [0, 0.1) is 11.8 Å². The Hall–Kier alpha value is -1.47. The first-order chi connectivity index (χ1) is 13.0. The number of rotatable bonds is 7. The molecule has 1 unspecified atom stereocenters. The number of hydrogen-bond acceptors (Lipinski definition) is 6. The first-order valence-electron chi connectivity index (χ1n) is 10.4. The van der Waals surface area contributed by atoms with Crippen LogP contribution in [0.5, 0.6) is 0 Å². The predicted octanol–water partition coefficient (Wildman–Crippen LogP) is 2.51. The third-order valence-corrected chi connectivity index (χ3v) is 5.57. The number of nitrogens with zero attached hydrogens (tertiary/aromatic N) is 4. The van der Waals surface area contributed by atoms with E-state index in [0.29, 0.717) is 43.1 Å². The largest absolute Gasteiger partial charge is 0.368 e. The highest BCUT2D eigenvalue weighted by Gasteiger charge is 2.27. The van der Waals surface area contributed by atoms with Crippen LogP contribution in [-0.2, 0) is 22.6 Å². The van der Waals surface area contributed by atoms with E-state index >= 15 is 0 Å². The van der Waals surface area contributed by atoms with E-state index in [-0.39, 0.29) is 12.0 Å². The van der Waals surface area contributed by atoms with Gasteiger partial charge in [0.2, 0.25) is 11.8 Å². The maximum absolute atomic E-state index is 12.7. The first-order valence-corrected chi connectivity index (χ1v) is 10.4. The van der Waals surface area contributed by atoms with Gasteiger partial charge >= 0.3 is 0 Å². The van der Waals surface area contributed by atoms with Crippen molar-refractivity contribution < 1.29 is 14.1 Å². The van der Waals surface area contributed by atoms with Crippen LogP contribution in [0.4, 0.5) is 0 Å². The highest BCUT2D eigenvalue weighted by atomic mass is 16.5. The van der Waals surface area contributed by atoms with Crippen LogP contribution >= 0.6 is 0 Å². The van der Waals surface area contributed by atoms with E-state index in [1.807, 2.05) is 4.90 Å². The number of hydrogen-bond donors (Lipinski definition) is 0. The van der Waals surface area contributed by atoms with Crippen LogP contribution in [0.1, 0.15) is 57.7 Å². The van der Waals surface area contributed by atoms with E-state index in [1.54, 1.807) is 0 Å². The molecule has 0 aromatic carbocycles. The second-order valence-corrected chi connectivity index (χ2v) is 8.57. The van der Waals surface area contributed by atoms with Gasteiger partial charge in [-0.3, -0.25) is 4.79 Å². The van der Waals surface area contributed by atoms with Crippen LogP contribution in [0.2, 0.25) is 0 Å². The molecule has 1 amide bonds. The molecular weight excluding hydrogens is 344 g/mol.